The van der Waals surface area contributed by atoms with E-state index >= 15 is 0 Å². The minimum Gasteiger partial charge on any atom is -0.508 e. The van der Waals surface area contributed by atoms with Crippen molar-refractivity contribution in [3.05, 3.63) is 23.8 Å². The monoisotopic (exact) mass is 222 g/mol. The molecule has 1 aromatic carbocycles. The predicted octanol–water partition coefficient (Wildman–Crippen LogP) is 2.16. The smallest absolute Gasteiger partial charge is 0.308 e. The minimum absolute atomic E-state index is 0.0449. The van der Waals surface area contributed by atoms with Gasteiger partial charge in [-0.1, -0.05) is 13.8 Å². The molecule has 0 spiro atoms. The second-order valence-electron chi connectivity index (χ2n) is 3.79. The summed E-state index contributed by atoms with van der Waals surface area (Å²) >= 11 is 0. The molecule has 0 amide bonds. The average molecular weight is 222 g/mol. The van der Waals surface area contributed by atoms with Crippen LogP contribution in [0.5, 0.6) is 11.5 Å². The topological polar surface area (TPSA) is 63.6 Å². The fraction of sp³-hybridized carbons (Fsp3) is 0.333. The van der Waals surface area contributed by atoms with Gasteiger partial charge in [0, 0.05) is 18.9 Å². The fourth-order valence-corrected chi connectivity index (χ4v) is 1.26. The number of carbonyl (C=O) groups is 2. The van der Waals surface area contributed by atoms with E-state index < -0.39 is 5.97 Å². The summed E-state index contributed by atoms with van der Waals surface area (Å²) in [5.41, 5.74) is 0.308. The van der Waals surface area contributed by atoms with E-state index in [-0.39, 0.29) is 23.2 Å². The van der Waals surface area contributed by atoms with Gasteiger partial charge in [0.25, 0.3) is 0 Å². The summed E-state index contributed by atoms with van der Waals surface area (Å²) in [5.74, 6) is -0.790. The van der Waals surface area contributed by atoms with E-state index in [0.29, 0.717) is 5.56 Å². The molecule has 0 saturated heterocycles. The third-order valence-electron chi connectivity index (χ3n) is 2.01. The number of Topliss-reactive ketones (excluding diaryl/α,β-unsaturated/α-hetero) is 1. The Kier molecular flexibility index (Phi) is 3.66. The standard InChI is InChI=1S/C12H14O4/c1-7(2)12(15)10-5-4-9(14)6-11(10)16-8(3)13/h4-7,14H,1-3H3. The predicted molar refractivity (Wildman–Crippen MR) is 58.6 cm³/mol. The molecule has 4 nitrogen and oxygen atoms in total. The van der Waals surface area contributed by atoms with Crippen LogP contribution in [-0.2, 0) is 4.79 Å². The number of phenolic OH excluding ortho intramolecular Hbond substituents is 1. The molecule has 1 rings (SSSR count). The highest BCUT2D eigenvalue weighted by Crippen LogP contribution is 2.26. The minimum atomic E-state index is -0.525. The Morgan fingerprint density at radius 3 is 2.44 bits per heavy atom. The highest BCUT2D eigenvalue weighted by molar-refractivity contribution is 6.00. The van der Waals surface area contributed by atoms with Gasteiger partial charge in [0.05, 0.1) is 5.56 Å². The molecule has 0 bridgehead atoms. The maximum absolute atomic E-state index is 11.8. The Bertz CT molecular complexity index is 421. The van der Waals surface area contributed by atoms with E-state index in [1.165, 1.54) is 25.1 Å². The molecular formula is C12H14O4. The van der Waals surface area contributed by atoms with Gasteiger partial charge in [-0.25, -0.2) is 0 Å². The van der Waals surface area contributed by atoms with Crippen molar-refractivity contribution in [1.82, 2.24) is 0 Å². The number of hydrogen-bond donors (Lipinski definition) is 1. The lowest BCUT2D eigenvalue weighted by molar-refractivity contribution is -0.131. The third-order valence-corrected chi connectivity index (χ3v) is 2.01. The first-order chi connectivity index (χ1) is 7.41. The van der Waals surface area contributed by atoms with Crippen LogP contribution in [0, 0.1) is 5.92 Å². The zero-order valence-corrected chi connectivity index (χ0v) is 9.48. The lowest BCUT2D eigenvalue weighted by Crippen LogP contribution is -2.11. The molecule has 0 atom stereocenters. The molecule has 0 aliphatic carbocycles. The summed E-state index contributed by atoms with van der Waals surface area (Å²) in [6, 6.07) is 4.11. The number of ether oxygens (including phenoxy) is 1. The molecule has 16 heavy (non-hydrogen) atoms. The second kappa shape index (κ2) is 4.79. The largest absolute Gasteiger partial charge is 0.508 e. The van der Waals surface area contributed by atoms with Crippen LogP contribution in [0.3, 0.4) is 0 Å². The number of esters is 1. The number of ketones is 1. The molecular weight excluding hydrogens is 208 g/mol. The van der Waals surface area contributed by atoms with Crippen LogP contribution < -0.4 is 4.74 Å². The quantitative estimate of drug-likeness (QED) is 0.483. The summed E-state index contributed by atoms with van der Waals surface area (Å²) in [6.45, 7) is 4.76. The number of rotatable bonds is 3. The normalized spacial score (nSPS) is 10.2. The fourth-order valence-electron chi connectivity index (χ4n) is 1.26. The molecule has 0 unspecified atom stereocenters. The second-order valence-corrected chi connectivity index (χ2v) is 3.79. The summed E-state index contributed by atoms with van der Waals surface area (Å²) in [5, 5.41) is 9.27. The van der Waals surface area contributed by atoms with E-state index in [9.17, 15) is 14.7 Å². The molecule has 1 N–H and O–H groups in total. The van der Waals surface area contributed by atoms with Crippen LogP contribution in [0.1, 0.15) is 31.1 Å². The number of carbonyl (C=O) groups excluding carboxylic acids is 2. The maximum atomic E-state index is 11.8. The van der Waals surface area contributed by atoms with Crippen LogP contribution in [0.15, 0.2) is 18.2 Å². The zero-order chi connectivity index (χ0) is 12.3. The first-order valence-electron chi connectivity index (χ1n) is 4.97. The molecule has 1 aromatic rings. The van der Waals surface area contributed by atoms with Gasteiger partial charge in [0.1, 0.15) is 11.5 Å². The molecule has 0 aliphatic rings. The van der Waals surface area contributed by atoms with Gasteiger partial charge in [-0.2, -0.15) is 0 Å². The average Bonchev–Trinajstić information content (AvgIpc) is 2.15. The number of benzene rings is 1. The van der Waals surface area contributed by atoms with Crippen molar-refractivity contribution in [1.29, 1.82) is 0 Å². The zero-order valence-electron chi connectivity index (χ0n) is 9.48. The van der Waals surface area contributed by atoms with Crippen molar-refractivity contribution >= 4 is 11.8 Å². The molecule has 0 aliphatic heterocycles. The molecule has 86 valence electrons. The van der Waals surface area contributed by atoms with E-state index in [4.69, 9.17) is 4.74 Å². The maximum Gasteiger partial charge on any atom is 0.308 e. The lowest BCUT2D eigenvalue weighted by atomic mass is 10.0. The third kappa shape index (κ3) is 2.82. The van der Waals surface area contributed by atoms with Crippen LogP contribution in [0.2, 0.25) is 0 Å². The number of hydrogen-bond acceptors (Lipinski definition) is 4. The Morgan fingerprint density at radius 2 is 1.94 bits per heavy atom. The first kappa shape index (κ1) is 12.2. The van der Waals surface area contributed by atoms with E-state index in [1.54, 1.807) is 13.8 Å². The van der Waals surface area contributed by atoms with Crippen molar-refractivity contribution in [2.45, 2.75) is 20.8 Å². The van der Waals surface area contributed by atoms with Gasteiger partial charge in [-0.3, -0.25) is 9.59 Å². The van der Waals surface area contributed by atoms with Crippen molar-refractivity contribution in [3.8, 4) is 11.5 Å². The summed E-state index contributed by atoms with van der Waals surface area (Å²) in [7, 11) is 0. The Morgan fingerprint density at radius 1 is 1.31 bits per heavy atom. The first-order valence-corrected chi connectivity index (χ1v) is 4.97. The van der Waals surface area contributed by atoms with Crippen molar-refractivity contribution in [3.63, 3.8) is 0 Å². The Balaban J connectivity index is 3.17. The molecule has 0 fully saturated rings. The summed E-state index contributed by atoms with van der Waals surface area (Å²) in [4.78, 5) is 22.6. The van der Waals surface area contributed by atoms with Gasteiger partial charge in [0.15, 0.2) is 5.78 Å². The van der Waals surface area contributed by atoms with Crippen LogP contribution in [-0.4, -0.2) is 16.9 Å². The van der Waals surface area contributed by atoms with Crippen LogP contribution >= 0.6 is 0 Å². The van der Waals surface area contributed by atoms with Gasteiger partial charge >= 0.3 is 5.97 Å². The van der Waals surface area contributed by atoms with Gasteiger partial charge in [-0.15, -0.1) is 0 Å². The lowest BCUT2D eigenvalue weighted by Gasteiger charge is -2.10. The van der Waals surface area contributed by atoms with E-state index in [1.807, 2.05) is 0 Å². The van der Waals surface area contributed by atoms with E-state index in [2.05, 4.69) is 0 Å². The van der Waals surface area contributed by atoms with Crippen molar-refractivity contribution in [2.24, 2.45) is 5.92 Å². The highest BCUT2D eigenvalue weighted by Gasteiger charge is 2.17. The van der Waals surface area contributed by atoms with E-state index in [0.717, 1.165) is 0 Å². The van der Waals surface area contributed by atoms with Gasteiger partial charge in [0.2, 0.25) is 0 Å². The Hall–Kier alpha value is -1.84. The van der Waals surface area contributed by atoms with Gasteiger partial charge in [-0.05, 0) is 12.1 Å². The van der Waals surface area contributed by atoms with Crippen LogP contribution in [0.25, 0.3) is 0 Å². The summed E-state index contributed by atoms with van der Waals surface area (Å²) in [6.07, 6.45) is 0. The molecule has 0 radical (unpaired) electrons. The molecule has 0 heterocycles. The summed E-state index contributed by atoms with van der Waals surface area (Å²) < 4.78 is 4.88. The SMILES string of the molecule is CC(=O)Oc1cc(O)ccc1C(=O)C(C)C. The van der Waals surface area contributed by atoms with Crippen molar-refractivity contribution < 1.29 is 19.4 Å². The van der Waals surface area contributed by atoms with Crippen molar-refractivity contribution in [2.75, 3.05) is 0 Å². The van der Waals surface area contributed by atoms with Crippen LogP contribution in [0.4, 0.5) is 0 Å². The number of phenols is 1. The Labute approximate surface area is 93.9 Å². The highest BCUT2D eigenvalue weighted by atomic mass is 16.5. The molecule has 0 aromatic heterocycles. The molecule has 0 saturated carbocycles. The molecule has 4 heteroatoms. The van der Waals surface area contributed by atoms with Gasteiger partial charge < -0.3 is 9.84 Å². The number of aromatic hydroxyl groups is 1.